The van der Waals surface area contributed by atoms with E-state index in [1.54, 1.807) is 26.0 Å². The fourth-order valence-electron chi connectivity index (χ4n) is 2.49. The van der Waals surface area contributed by atoms with E-state index in [4.69, 9.17) is 16.3 Å². The molecule has 0 spiro atoms. The number of H-pyrrole nitrogens is 1. The number of carbonyl (C=O) groups excluding carboxylic acids is 1. The Bertz CT molecular complexity index is 796. The van der Waals surface area contributed by atoms with E-state index in [0.717, 1.165) is 11.8 Å². The van der Waals surface area contributed by atoms with E-state index in [1.165, 1.54) is 6.08 Å². The van der Waals surface area contributed by atoms with Crippen LogP contribution in [0.25, 0.3) is 6.08 Å². The molecular formula is C17H17ClN2O4. The Morgan fingerprint density at radius 2 is 2.21 bits per heavy atom. The van der Waals surface area contributed by atoms with Crippen molar-refractivity contribution in [1.29, 1.82) is 0 Å². The van der Waals surface area contributed by atoms with Gasteiger partial charge in [-0.05, 0) is 37.1 Å². The molecule has 0 saturated heterocycles. The van der Waals surface area contributed by atoms with Crippen LogP contribution in [0.4, 0.5) is 0 Å². The topological polar surface area (TPSA) is 85.2 Å². The Balaban J connectivity index is 2.50. The maximum atomic E-state index is 12.3. The van der Waals surface area contributed by atoms with Gasteiger partial charge in [0.15, 0.2) is 0 Å². The van der Waals surface area contributed by atoms with Gasteiger partial charge in [0.05, 0.1) is 17.1 Å². The molecule has 2 aromatic rings. The average Bonchev–Trinajstić information content (AvgIpc) is 2.81. The number of carbonyl (C=O) groups is 1. The Hall–Kier alpha value is -2.60. The van der Waals surface area contributed by atoms with E-state index in [-0.39, 0.29) is 6.61 Å². The van der Waals surface area contributed by atoms with Crippen LogP contribution in [0.2, 0.25) is 5.02 Å². The summed E-state index contributed by atoms with van der Waals surface area (Å²) in [6.45, 7) is 3.71. The van der Waals surface area contributed by atoms with Gasteiger partial charge < -0.3 is 9.72 Å². The van der Waals surface area contributed by atoms with Gasteiger partial charge in [0, 0.05) is 28.9 Å². The predicted molar refractivity (Wildman–Crippen MR) is 91.8 cm³/mol. The molecule has 0 unspecified atom stereocenters. The highest BCUT2D eigenvalue weighted by molar-refractivity contribution is 6.30. The SMILES string of the molecule is CCOC(=O)c1c(C)[nH]c(C=C[N+](=O)[O-])c1Cc1cccc(Cl)c1. The van der Waals surface area contributed by atoms with Crippen LogP contribution in [0.5, 0.6) is 0 Å². The molecule has 1 aromatic carbocycles. The number of aromatic amines is 1. The van der Waals surface area contributed by atoms with Crippen molar-refractivity contribution in [3.63, 3.8) is 0 Å². The molecular weight excluding hydrogens is 332 g/mol. The molecule has 6 nitrogen and oxygen atoms in total. The summed E-state index contributed by atoms with van der Waals surface area (Å²) in [6.07, 6.45) is 2.58. The van der Waals surface area contributed by atoms with Crippen molar-refractivity contribution in [3.05, 3.63) is 73.7 Å². The Labute approximate surface area is 144 Å². The van der Waals surface area contributed by atoms with Crippen molar-refractivity contribution in [3.8, 4) is 0 Å². The van der Waals surface area contributed by atoms with Crippen LogP contribution in [0.15, 0.2) is 30.5 Å². The summed E-state index contributed by atoms with van der Waals surface area (Å²) in [4.78, 5) is 25.3. The van der Waals surface area contributed by atoms with E-state index in [2.05, 4.69) is 4.98 Å². The summed E-state index contributed by atoms with van der Waals surface area (Å²) in [6, 6.07) is 7.24. The largest absolute Gasteiger partial charge is 0.462 e. The van der Waals surface area contributed by atoms with Crippen molar-refractivity contribution >= 4 is 23.6 Å². The maximum Gasteiger partial charge on any atom is 0.340 e. The van der Waals surface area contributed by atoms with E-state index in [9.17, 15) is 14.9 Å². The van der Waals surface area contributed by atoms with Crippen LogP contribution in [-0.4, -0.2) is 22.5 Å². The van der Waals surface area contributed by atoms with Gasteiger partial charge in [0.25, 0.3) is 0 Å². The molecule has 24 heavy (non-hydrogen) atoms. The molecule has 2 rings (SSSR count). The number of aryl methyl sites for hydroxylation is 1. The number of benzene rings is 1. The second kappa shape index (κ2) is 7.79. The summed E-state index contributed by atoms with van der Waals surface area (Å²) in [7, 11) is 0. The smallest absolute Gasteiger partial charge is 0.340 e. The van der Waals surface area contributed by atoms with Gasteiger partial charge in [-0.2, -0.15) is 0 Å². The number of hydrogen-bond acceptors (Lipinski definition) is 4. The first-order valence-electron chi connectivity index (χ1n) is 7.37. The lowest BCUT2D eigenvalue weighted by Crippen LogP contribution is -2.08. The molecule has 0 fully saturated rings. The molecule has 0 atom stereocenters. The van der Waals surface area contributed by atoms with Gasteiger partial charge in [-0.15, -0.1) is 0 Å². The van der Waals surface area contributed by atoms with Crippen LogP contribution in [0.1, 0.15) is 39.8 Å². The first kappa shape index (κ1) is 17.7. The molecule has 1 aromatic heterocycles. The Morgan fingerprint density at radius 3 is 2.83 bits per heavy atom. The van der Waals surface area contributed by atoms with Crippen LogP contribution in [-0.2, 0) is 11.2 Å². The van der Waals surface area contributed by atoms with Gasteiger partial charge in [-0.3, -0.25) is 10.1 Å². The van der Waals surface area contributed by atoms with Gasteiger partial charge in [-0.25, -0.2) is 4.79 Å². The molecule has 0 radical (unpaired) electrons. The summed E-state index contributed by atoms with van der Waals surface area (Å²) in [5, 5.41) is 11.2. The minimum atomic E-state index is -0.552. The first-order valence-corrected chi connectivity index (χ1v) is 7.74. The predicted octanol–water partition coefficient (Wildman–Crippen LogP) is 3.99. The zero-order valence-electron chi connectivity index (χ0n) is 13.3. The fourth-order valence-corrected chi connectivity index (χ4v) is 2.71. The zero-order valence-corrected chi connectivity index (χ0v) is 14.1. The Kier molecular flexibility index (Phi) is 5.76. The van der Waals surface area contributed by atoms with Crippen molar-refractivity contribution < 1.29 is 14.5 Å². The zero-order chi connectivity index (χ0) is 17.7. The normalized spacial score (nSPS) is 11.0. The number of nitrogens with one attached hydrogen (secondary N) is 1. The number of hydrogen-bond donors (Lipinski definition) is 1. The molecule has 1 N–H and O–H groups in total. The van der Waals surface area contributed by atoms with Crippen molar-refractivity contribution in [2.75, 3.05) is 6.61 Å². The second-order valence-corrected chi connectivity index (χ2v) is 5.58. The van der Waals surface area contributed by atoms with Crippen molar-refractivity contribution in [2.24, 2.45) is 0 Å². The van der Waals surface area contributed by atoms with Gasteiger partial charge in [-0.1, -0.05) is 23.7 Å². The minimum Gasteiger partial charge on any atom is -0.462 e. The lowest BCUT2D eigenvalue weighted by atomic mass is 10.00. The standard InChI is InChI=1S/C17H17ClN2O4/c1-3-24-17(21)16-11(2)19-15(7-8-20(22)23)14(16)10-12-5-4-6-13(18)9-12/h4-9,19H,3,10H2,1-2H3. The van der Waals surface area contributed by atoms with Crippen molar-refractivity contribution in [2.45, 2.75) is 20.3 Å². The third kappa shape index (κ3) is 4.23. The number of ether oxygens (including phenoxy) is 1. The number of rotatable bonds is 6. The maximum absolute atomic E-state index is 12.3. The summed E-state index contributed by atoms with van der Waals surface area (Å²) >= 11 is 6.01. The number of nitro groups is 1. The third-order valence-electron chi connectivity index (χ3n) is 3.44. The van der Waals surface area contributed by atoms with Crippen LogP contribution in [0, 0.1) is 17.0 Å². The van der Waals surface area contributed by atoms with Gasteiger partial charge in [0.1, 0.15) is 0 Å². The van der Waals surface area contributed by atoms with Crippen LogP contribution in [0.3, 0.4) is 0 Å². The second-order valence-electron chi connectivity index (χ2n) is 5.15. The minimum absolute atomic E-state index is 0.250. The molecule has 1 heterocycles. The molecule has 0 saturated carbocycles. The highest BCUT2D eigenvalue weighted by atomic mass is 35.5. The Morgan fingerprint density at radius 1 is 1.46 bits per heavy atom. The number of nitrogens with zero attached hydrogens (tertiary/aromatic N) is 1. The average molecular weight is 349 g/mol. The summed E-state index contributed by atoms with van der Waals surface area (Å²) in [5.41, 5.74) is 3.05. The molecule has 0 bridgehead atoms. The number of aromatic nitrogens is 1. The van der Waals surface area contributed by atoms with E-state index < -0.39 is 10.9 Å². The van der Waals surface area contributed by atoms with E-state index >= 15 is 0 Å². The van der Waals surface area contributed by atoms with E-state index in [1.807, 2.05) is 12.1 Å². The number of esters is 1. The molecule has 0 aliphatic carbocycles. The lowest BCUT2D eigenvalue weighted by Gasteiger charge is -2.07. The quantitative estimate of drug-likeness (QED) is 0.486. The highest BCUT2D eigenvalue weighted by Gasteiger charge is 2.21. The lowest BCUT2D eigenvalue weighted by molar-refractivity contribution is -0.401. The molecule has 0 amide bonds. The van der Waals surface area contributed by atoms with Crippen LogP contribution >= 0.6 is 11.6 Å². The molecule has 0 aliphatic heterocycles. The van der Waals surface area contributed by atoms with Crippen molar-refractivity contribution in [1.82, 2.24) is 4.98 Å². The highest BCUT2D eigenvalue weighted by Crippen LogP contribution is 2.25. The summed E-state index contributed by atoms with van der Waals surface area (Å²) < 4.78 is 5.11. The molecule has 7 heteroatoms. The molecule has 126 valence electrons. The fraction of sp³-hybridized carbons (Fsp3) is 0.235. The van der Waals surface area contributed by atoms with E-state index in [0.29, 0.717) is 34.0 Å². The monoisotopic (exact) mass is 348 g/mol. The first-order chi connectivity index (χ1) is 11.4. The third-order valence-corrected chi connectivity index (χ3v) is 3.67. The number of halogens is 1. The van der Waals surface area contributed by atoms with Crippen LogP contribution < -0.4 is 0 Å². The van der Waals surface area contributed by atoms with Gasteiger partial charge >= 0.3 is 5.97 Å². The van der Waals surface area contributed by atoms with Gasteiger partial charge in [0.2, 0.25) is 6.20 Å². The summed E-state index contributed by atoms with van der Waals surface area (Å²) in [5.74, 6) is -0.455. The molecule has 0 aliphatic rings.